The number of nitrogens with one attached hydrogen (secondary N) is 1. The quantitative estimate of drug-likeness (QED) is 0.792. The molecule has 0 aliphatic rings. The van der Waals surface area contributed by atoms with Gasteiger partial charge in [0.2, 0.25) is 5.91 Å². The van der Waals surface area contributed by atoms with Gasteiger partial charge in [0.25, 0.3) is 0 Å². The maximum absolute atomic E-state index is 11.5. The highest BCUT2D eigenvalue weighted by molar-refractivity contribution is 6.32. The first-order valence-electron chi connectivity index (χ1n) is 5.11. The Morgan fingerprint density at radius 2 is 1.88 bits per heavy atom. The van der Waals surface area contributed by atoms with Gasteiger partial charge in [-0.3, -0.25) is 4.79 Å². The number of fused-ring (bicyclic) bond motifs is 1. The minimum Gasteiger partial charge on any atom is -0.324 e. The van der Waals surface area contributed by atoms with E-state index in [2.05, 4.69) is 5.32 Å². The van der Waals surface area contributed by atoms with Crippen molar-refractivity contribution in [3.05, 3.63) is 42.5 Å². The van der Waals surface area contributed by atoms with Gasteiger partial charge >= 0.3 is 0 Å². The van der Waals surface area contributed by atoms with Crippen LogP contribution in [0.4, 0.5) is 5.69 Å². The van der Waals surface area contributed by atoms with Crippen molar-refractivity contribution in [3.8, 4) is 0 Å². The zero-order valence-electron chi connectivity index (χ0n) is 8.91. The summed E-state index contributed by atoms with van der Waals surface area (Å²) in [5, 5.41) is 4.41. The average Bonchev–Trinajstić information content (AvgIpc) is 2.29. The van der Waals surface area contributed by atoms with E-state index in [0.29, 0.717) is 0 Å². The molecule has 0 radical (unpaired) electrons. The van der Waals surface area contributed by atoms with Crippen molar-refractivity contribution < 1.29 is 4.79 Å². The van der Waals surface area contributed by atoms with E-state index in [0.717, 1.165) is 16.5 Å². The number of carbonyl (C=O) groups is 1. The number of carbonyl (C=O) groups excluding carboxylic acids is 1. The molecule has 82 valence electrons. The van der Waals surface area contributed by atoms with Crippen LogP contribution in [-0.4, -0.2) is 11.3 Å². The summed E-state index contributed by atoms with van der Waals surface area (Å²) in [6.45, 7) is 1.65. The third-order valence-corrected chi connectivity index (χ3v) is 2.61. The number of hydrogen-bond donors (Lipinski definition) is 1. The Balaban J connectivity index is 2.41. The highest BCUT2D eigenvalue weighted by Gasteiger charge is 2.10. The predicted molar refractivity (Wildman–Crippen MR) is 67.9 cm³/mol. The van der Waals surface area contributed by atoms with Gasteiger partial charge in [0.1, 0.15) is 5.38 Å². The number of hydrogen-bond acceptors (Lipinski definition) is 1. The number of anilines is 1. The van der Waals surface area contributed by atoms with Crippen molar-refractivity contribution in [2.75, 3.05) is 5.32 Å². The van der Waals surface area contributed by atoms with Crippen molar-refractivity contribution in [3.63, 3.8) is 0 Å². The van der Waals surface area contributed by atoms with Gasteiger partial charge in [-0.1, -0.05) is 36.4 Å². The largest absolute Gasteiger partial charge is 0.324 e. The van der Waals surface area contributed by atoms with Crippen LogP contribution in [0.25, 0.3) is 10.8 Å². The van der Waals surface area contributed by atoms with Crippen molar-refractivity contribution in [1.29, 1.82) is 0 Å². The predicted octanol–water partition coefficient (Wildman–Crippen LogP) is 3.41. The third-order valence-electron chi connectivity index (χ3n) is 2.41. The molecule has 3 heteroatoms. The fourth-order valence-electron chi connectivity index (χ4n) is 1.57. The Morgan fingerprint density at radius 3 is 2.62 bits per heavy atom. The molecule has 0 aliphatic carbocycles. The molecule has 0 aliphatic heterocycles. The topological polar surface area (TPSA) is 29.1 Å². The summed E-state index contributed by atoms with van der Waals surface area (Å²) >= 11 is 5.72. The molecule has 2 aromatic rings. The lowest BCUT2D eigenvalue weighted by molar-refractivity contribution is -0.115. The SMILES string of the molecule is C[C@@H](Cl)C(=O)Nc1cccc2ccccc12. The summed E-state index contributed by atoms with van der Waals surface area (Å²) in [4.78, 5) is 11.5. The summed E-state index contributed by atoms with van der Waals surface area (Å²) in [7, 11) is 0. The van der Waals surface area contributed by atoms with Gasteiger partial charge in [-0.25, -0.2) is 0 Å². The zero-order valence-corrected chi connectivity index (χ0v) is 9.66. The second-order valence-corrected chi connectivity index (χ2v) is 4.29. The Labute approximate surface area is 99.2 Å². The summed E-state index contributed by atoms with van der Waals surface area (Å²) in [6.07, 6.45) is 0. The molecule has 2 rings (SSSR count). The number of benzene rings is 2. The van der Waals surface area contributed by atoms with E-state index in [4.69, 9.17) is 11.6 Å². The van der Waals surface area contributed by atoms with E-state index in [1.54, 1.807) is 6.92 Å². The fraction of sp³-hybridized carbons (Fsp3) is 0.154. The van der Waals surface area contributed by atoms with E-state index in [9.17, 15) is 4.79 Å². The van der Waals surface area contributed by atoms with Crippen molar-refractivity contribution >= 4 is 34.0 Å². The van der Waals surface area contributed by atoms with Gasteiger partial charge in [0, 0.05) is 11.1 Å². The first-order chi connectivity index (χ1) is 7.68. The second-order valence-electron chi connectivity index (χ2n) is 3.63. The first kappa shape index (κ1) is 11.0. The Hall–Kier alpha value is -1.54. The van der Waals surface area contributed by atoms with Gasteiger partial charge in [-0.05, 0) is 18.4 Å². The Bertz CT molecular complexity index is 517. The van der Waals surface area contributed by atoms with Gasteiger partial charge in [0.15, 0.2) is 0 Å². The van der Waals surface area contributed by atoms with Crippen LogP contribution >= 0.6 is 11.6 Å². The number of alkyl halides is 1. The lowest BCUT2D eigenvalue weighted by Gasteiger charge is -2.09. The maximum Gasteiger partial charge on any atom is 0.242 e. The van der Waals surface area contributed by atoms with Crippen LogP contribution in [0.2, 0.25) is 0 Å². The first-order valence-corrected chi connectivity index (χ1v) is 5.55. The maximum atomic E-state index is 11.5. The molecular formula is C13H12ClNO. The van der Waals surface area contributed by atoms with Crippen LogP contribution in [0.3, 0.4) is 0 Å². The van der Waals surface area contributed by atoms with Crippen molar-refractivity contribution in [2.24, 2.45) is 0 Å². The lowest BCUT2D eigenvalue weighted by Crippen LogP contribution is -2.20. The molecule has 0 saturated heterocycles. The molecule has 2 aromatic carbocycles. The van der Waals surface area contributed by atoms with Gasteiger partial charge < -0.3 is 5.32 Å². The summed E-state index contributed by atoms with van der Waals surface area (Å²) in [5.41, 5.74) is 0.801. The molecule has 1 amide bonds. The molecule has 1 N–H and O–H groups in total. The smallest absolute Gasteiger partial charge is 0.242 e. The monoisotopic (exact) mass is 233 g/mol. The molecule has 0 saturated carbocycles. The minimum atomic E-state index is -0.529. The van der Waals surface area contributed by atoms with E-state index < -0.39 is 5.38 Å². The van der Waals surface area contributed by atoms with Gasteiger partial charge in [-0.2, -0.15) is 0 Å². The van der Waals surface area contributed by atoms with Crippen LogP contribution < -0.4 is 5.32 Å². The number of amides is 1. The standard InChI is InChI=1S/C13H12ClNO/c1-9(14)13(16)15-12-8-4-6-10-5-2-3-7-11(10)12/h2-9H,1H3,(H,15,16)/t9-/m1/s1. The van der Waals surface area contributed by atoms with E-state index in [1.807, 2.05) is 42.5 Å². The van der Waals surface area contributed by atoms with E-state index >= 15 is 0 Å². The van der Waals surface area contributed by atoms with Crippen molar-refractivity contribution in [2.45, 2.75) is 12.3 Å². The molecule has 0 spiro atoms. The van der Waals surface area contributed by atoms with Crippen LogP contribution in [0.5, 0.6) is 0 Å². The van der Waals surface area contributed by atoms with Gasteiger partial charge in [0.05, 0.1) is 0 Å². The molecule has 1 atom stereocenters. The fourth-order valence-corrected chi connectivity index (χ4v) is 1.62. The molecule has 0 heterocycles. The molecule has 0 aromatic heterocycles. The normalized spacial score (nSPS) is 12.4. The Morgan fingerprint density at radius 1 is 1.19 bits per heavy atom. The number of halogens is 1. The molecule has 16 heavy (non-hydrogen) atoms. The highest BCUT2D eigenvalue weighted by Crippen LogP contribution is 2.23. The molecule has 2 nitrogen and oxygen atoms in total. The minimum absolute atomic E-state index is 0.182. The summed E-state index contributed by atoms with van der Waals surface area (Å²) in [5.74, 6) is -0.182. The summed E-state index contributed by atoms with van der Waals surface area (Å²) in [6, 6.07) is 13.7. The van der Waals surface area contributed by atoms with Gasteiger partial charge in [-0.15, -0.1) is 11.6 Å². The second kappa shape index (κ2) is 4.54. The highest BCUT2D eigenvalue weighted by atomic mass is 35.5. The third kappa shape index (κ3) is 2.17. The van der Waals surface area contributed by atoms with Crippen LogP contribution in [0.15, 0.2) is 42.5 Å². The summed E-state index contributed by atoms with van der Waals surface area (Å²) < 4.78 is 0. The van der Waals surface area contributed by atoms with E-state index in [-0.39, 0.29) is 5.91 Å². The molecular weight excluding hydrogens is 222 g/mol. The molecule has 0 fully saturated rings. The van der Waals surface area contributed by atoms with Crippen LogP contribution in [-0.2, 0) is 4.79 Å². The van der Waals surface area contributed by atoms with Crippen LogP contribution in [0.1, 0.15) is 6.92 Å². The molecule has 0 bridgehead atoms. The zero-order chi connectivity index (χ0) is 11.5. The average molecular weight is 234 g/mol. The molecule has 0 unspecified atom stereocenters. The Kier molecular flexibility index (Phi) is 3.11. The number of rotatable bonds is 2. The van der Waals surface area contributed by atoms with Crippen LogP contribution in [0, 0.1) is 0 Å². The lowest BCUT2D eigenvalue weighted by atomic mass is 10.1. The van der Waals surface area contributed by atoms with E-state index in [1.165, 1.54) is 0 Å². The van der Waals surface area contributed by atoms with Crippen molar-refractivity contribution in [1.82, 2.24) is 0 Å².